The number of aliphatic imine (C=N–C) groups is 1. The van der Waals surface area contributed by atoms with Crippen LogP contribution in [0.2, 0.25) is 0 Å². The molecule has 0 atom stereocenters. The number of hydrogen-bond acceptors (Lipinski definition) is 5. The van der Waals surface area contributed by atoms with Crippen LogP contribution >= 0.6 is 11.9 Å². The lowest BCUT2D eigenvalue weighted by Gasteiger charge is -2.34. The second-order valence-corrected chi connectivity index (χ2v) is 9.02. The molecule has 1 saturated heterocycles. The molecule has 1 N–H and O–H groups in total. The summed E-state index contributed by atoms with van der Waals surface area (Å²) in [5, 5.41) is 2.89. The van der Waals surface area contributed by atoms with Gasteiger partial charge in [-0.05, 0) is 62.4 Å². The topological polar surface area (TPSA) is 65.0 Å². The molecule has 1 fully saturated rings. The van der Waals surface area contributed by atoms with Crippen molar-refractivity contribution < 1.29 is 9.59 Å². The Bertz CT molecular complexity index is 839. The summed E-state index contributed by atoms with van der Waals surface area (Å²) in [7, 11) is 3.54. The van der Waals surface area contributed by atoms with Gasteiger partial charge in [0.15, 0.2) is 0 Å². The fourth-order valence-electron chi connectivity index (χ4n) is 3.76. The summed E-state index contributed by atoms with van der Waals surface area (Å²) in [6.07, 6.45) is 6.22. The minimum atomic E-state index is -0.572. The predicted octanol–water partition coefficient (Wildman–Crippen LogP) is 2.83. The number of amides is 2. The van der Waals surface area contributed by atoms with Crippen molar-refractivity contribution in [1.29, 1.82) is 0 Å². The van der Waals surface area contributed by atoms with Crippen LogP contribution in [-0.4, -0.2) is 65.3 Å². The standard InChI is InChI=1S/C22H30N4O2S/c1-5-6-19-23-21(28)22(24-19)10-12-26(13-11-22)29-14-9-17-7-8-18(15-16(17)2)20(27)25(3)4/h5-8,15H,9-14H2,1-4H3,(H,23,24,28)/b6-5+. The van der Waals surface area contributed by atoms with Gasteiger partial charge in [0.2, 0.25) is 0 Å². The van der Waals surface area contributed by atoms with Gasteiger partial charge in [0.25, 0.3) is 11.8 Å². The Hall–Kier alpha value is -2.12. The second kappa shape index (κ2) is 9.13. The average Bonchev–Trinajstić information content (AvgIpc) is 2.99. The number of piperidine rings is 1. The van der Waals surface area contributed by atoms with Crippen molar-refractivity contribution in [3.05, 3.63) is 47.0 Å². The van der Waals surface area contributed by atoms with E-state index in [1.165, 1.54) is 5.56 Å². The first-order valence-electron chi connectivity index (χ1n) is 10.1. The molecule has 0 saturated carbocycles. The Morgan fingerprint density at radius 3 is 2.69 bits per heavy atom. The molecule has 0 unspecified atom stereocenters. The number of amidine groups is 1. The zero-order valence-corrected chi connectivity index (χ0v) is 18.5. The third-order valence-electron chi connectivity index (χ3n) is 5.51. The number of rotatable bonds is 6. The van der Waals surface area contributed by atoms with Crippen molar-refractivity contribution in [2.45, 2.75) is 38.6 Å². The number of carbonyl (C=O) groups is 2. The van der Waals surface area contributed by atoms with Crippen molar-refractivity contribution in [2.24, 2.45) is 4.99 Å². The second-order valence-electron chi connectivity index (χ2n) is 7.84. The lowest BCUT2D eigenvalue weighted by molar-refractivity contribution is -0.124. The highest BCUT2D eigenvalue weighted by atomic mass is 32.2. The molecule has 2 aliphatic rings. The van der Waals surface area contributed by atoms with Crippen LogP contribution in [-0.2, 0) is 11.2 Å². The predicted molar refractivity (Wildman–Crippen MR) is 119 cm³/mol. The summed E-state index contributed by atoms with van der Waals surface area (Å²) in [6.45, 7) is 5.71. The van der Waals surface area contributed by atoms with Gasteiger partial charge in [-0.1, -0.05) is 24.1 Å². The van der Waals surface area contributed by atoms with Gasteiger partial charge in [0.05, 0.1) is 0 Å². The molecule has 0 aliphatic carbocycles. The highest BCUT2D eigenvalue weighted by Gasteiger charge is 2.45. The quantitative estimate of drug-likeness (QED) is 0.727. The molecule has 0 bridgehead atoms. The molecule has 0 aromatic heterocycles. The zero-order valence-electron chi connectivity index (χ0n) is 17.7. The SMILES string of the molecule is C/C=C/C1=NC2(CCN(SCCc3ccc(C(=O)N(C)C)cc3C)CC2)C(=O)N1. The van der Waals surface area contributed by atoms with Gasteiger partial charge in [-0.3, -0.25) is 18.9 Å². The van der Waals surface area contributed by atoms with Crippen LogP contribution in [0.25, 0.3) is 0 Å². The first-order chi connectivity index (χ1) is 13.8. The van der Waals surface area contributed by atoms with Crippen LogP contribution in [0.1, 0.15) is 41.3 Å². The Morgan fingerprint density at radius 1 is 1.34 bits per heavy atom. The maximum Gasteiger partial charge on any atom is 0.253 e. The molecular formula is C22H30N4O2S. The molecule has 2 aliphatic heterocycles. The third-order valence-corrected chi connectivity index (χ3v) is 6.63. The Balaban J connectivity index is 1.49. The normalized spacial score (nSPS) is 18.9. The van der Waals surface area contributed by atoms with Crippen molar-refractivity contribution in [2.75, 3.05) is 32.9 Å². The van der Waals surface area contributed by atoms with Crippen LogP contribution in [0.5, 0.6) is 0 Å². The highest BCUT2D eigenvalue weighted by Crippen LogP contribution is 2.32. The molecule has 6 nitrogen and oxygen atoms in total. The molecule has 156 valence electrons. The summed E-state index contributed by atoms with van der Waals surface area (Å²) in [6, 6.07) is 5.96. The van der Waals surface area contributed by atoms with Crippen molar-refractivity contribution in [3.63, 3.8) is 0 Å². The maximum absolute atomic E-state index is 12.4. The molecule has 1 spiro atoms. The van der Waals surface area contributed by atoms with Crippen molar-refractivity contribution in [3.8, 4) is 0 Å². The van der Waals surface area contributed by atoms with Gasteiger partial charge in [-0.25, -0.2) is 0 Å². The number of nitrogens with one attached hydrogen (secondary N) is 1. The van der Waals surface area contributed by atoms with E-state index in [1.54, 1.807) is 19.0 Å². The number of carbonyl (C=O) groups excluding carboxylic acids is 2. The van der Waals surface area contributed by atoms with Gasteiger partial charge in [-0.2, -0.15) is 0 Å². The van der Waals surface area contributed by atoms with E-state index in [9.17, 15) is 9.59 Å². The molecule has 2 heterocycles. The highest BCUT2D eigenvalue weighted by molar-refractivity contribution is 7.97. The number of benzene rings is 1. The van der Waals surface area contributed by atoms with Crippen LogP contribution in [0.4, 0.5) is 0 Å². The summed E-state index contributed by atoms with van der Waals surface area (Å²) >= 11 is 1.83. The van der Waals surface area contributed by atoms with Crippen molar-refractivity contribution >= 4 is 29.6 Å². The van der Waals surface area contributed by atoms with E-state index in [2.05, 4.69) is 27.6 Å². The van der Waals surface area contributed by atoms with E-state index in [4.69, 9.17) is 0 Å². The number of hydrogen-bond donors (Lipinski definition) is 1. The molecular weight excluding hydrogens is 384 g/mol. The third kappa shape index (κ3) is 4.90. The number of allylic oxidation sites excluding steroid dienone is 1. The van der Waals surface area contributed by atoms with E-state index in [-0.39, 0.29) is 11.8 Å². The van der Waals surface area contributed by atoms with E-state index < -0.39 is 5.54 Å². The lowest BCUT2D eigenvalue weighted by atomic mass is 9.89. The summed E-state index contributed by atoms with van der Waals surface area (Å²) in [5.74, 6) is 1.74. The van der Waals surface area contributed by atoms with Gasteiger partial charge in [-0.15, -0.1) is 0 Å². The molecule has 1 aromatic rings. The number of aryl methyl sites for hydroxylation is 2. The largest absolute Gasteiger partial charge is 0.345 e. The first-order valence-corrected chi connectivity index (χ1v) is 11.0. The zero-order chi connectivity index (χ0) is 21.0. The fraction of sp³-hybridized carbons (Fsp3) is 0.500. The van der Waals surface area contributed by atoms with E-state index in [1.807, 2.05) is 43.2 Å². The van der Waals surface area contributed by atoms with Gasteiger partial charge >= 0.3 is 0 Å². The Morgan fingerprint density at radius 2 is 2.07 bits per heavy atom. The molecule has 1 aromatic carbocycles. The minimum absolute atomic E-state index is 0.0347. The van der Waals surface area contributed by atoms with Gasteiger partial charge in [0.1, 0.15) is 11.4 Å². The summed E-state index contributed by atoms with van der Waals surface area (Å²) in [5.41, 5.74) is 2.59. The summed E-state index contributed by atoms with van der Waals surface area (Å²) < 4.78 is 2.35. The van der Waals surface area contributed by atoms with Crippen LogP contribution in [0.3, 0.4) is 0 Å². The van der Waals surface area contributed by atoms with Gasteiger partial charge in [0, 0.05) is 38.5 Å². The minimum Gasteiger partial charge on any atom is -0.345 e. The maximum atomic E-state index is 12.4. The number of nitrogens with zero attached hydrogens (tertiary/aromatic N) is 3. The fourth-order valence-corrected chi connectivity index (χ4v) is 4.77. The molecule has 3 rings (SSSR count). The monoisotopic (exact) mass is 414 g/mol. The Kier molecular flexibility index (Phi) is 6.80. The average molecular weight is 415 g/mol. The molecule has 29 heavy (non-hydrogen) atoms. The molecule has 7 heteroatoms. The van der Waals surface area contributed by atoms with Crippen LogP contribution in [0.15, 0.2) is 35.3 Å². The van der Waals surface area contributed by atoms with Crippen LogP contribution < -0.4 is 5.32 Å². The van der Waals surface area contributed by atoms with Crippen LogP contribution in [0, 0.1) is 6.92 Å². The van der Waals surface area contributed by atoms with E-state index in [0.29, 0.717) is 5.84 Å². The molecule has 2 amide bonds. The first kappa shape index (κ1) is 21.6. The Labute approximate surface area is 177 Å². The lowest BCUT2D eigenvalue weighted by Crippen LogP contribution is -2.47. The van der Waals surface area contributed by atoms with E-state index in [0.717, 1.165) is 49.2 Å². The smallest absolute Gasteiger partial charge is 0.253 e. The van der Waals surface area contributed by atoms with Crippen molar-refractivity contribution in [1.82, 2.24) is 14.5 Å². The summed E-state index contributed by atoms with van der Waals surface area (Å²) in [4.78, 5) is 30.7. The van der Waals surface area contributed by atoms with Gasteiger partial charge < -0.3 is 10.2 Å². The van der Waals surface area contributed by atoms with E-state index >= 15 is 0 Å². The molecule has 0 radical (unpaired) electrons.